The van der Waals surface area contributed by atoms with Crippen molar-refractivity contribution < 1.29 is 9.90 Å². The standard InChI is InChI=1S/C18H18N4O2/c19-9-17(13-3-7-16(23)8-4-13)18(24)22-15-5-1-12(2-6-15)14-10-20-21-11-14/h1-8,10-11,17,23H,9,19H2,(H,20,21)(H,22,24). The summed E-state index contributed by atoms with van der Waals surface area (Å²) in [6.07, 6.45) is 3.55. The molecular weight excluding hydrogens is 304 g/mol. The van der Waals surface area contributed by atoms with E-state index in [0.29, 0.717) is 5.69 Å². The van der Waals surface area contributed by atoms with Crippen LogP contribution in [0.25, 0.3) is 11.1 Å². The zero-order valence-electron chi connectivity index (χ0n) is 12.9. The van der Waals surface area contributed by atoms with Gasteiger partial charge in [-0.3, -0.25) is 9.89 Å². The molecule has 1 unspecified atom stereocenters. The van der Waals surface area contributed by atoms with Crippen LogP contribution >= 0.6 is 0 Å². The maximum atomic E-state index is 12.5. The number of aromatic nitrogens is 2. The number of aromatic hydroxyl groups is 1. The maximum absolute atomic E-state index is 12.5. The van der Waals surface area contributed by atoms with E-state index in [9.17, 15) is 9.90 Å². The van der Waals surface area contributed by atoms with Gasteiger partial charge >= 0.3 is 0 Å². The minimum atomic E-state index is -0.473. The molecule has 6 nitrogen and oxygen atoms in total. The third-order valence-electron chi connectivity index (χ3n) is 3.83. The molecule has 24 heavy (non-hydrogen) atoms. The van der Waals surface area contributed by atoms with Gasteiger partial charge in [0.2, 0.25) is 5.91 Å². The van der Waals surface area contributed by atoms with E-state index in [1.807, 2.05) is 30.5 Å². The summed E-state index contributed by atoms with van der Waals surface area (Å²) in [5, 5.41) is 18.9. The van der Waals surface area contributed by atoms with Crippen LogP contribution in [0.15, 0.2) is 60.9 Å². The number of carbonyl (C=O) groups is 1. The molecule has 1 aromatic heterocycles. The van der Waals surface area contributed by atoms with E-state index >= 15 is 0 Å². The molecule has 1 heterocycles. The van der Waals surface area contributed by atoms with Crippen LogP contribution in [-0.2, 0) is 4.79 Å². The Kier molecular flexibility index (Phi) is 4.58. The molecule has 3 rings (SSSR count). The summed E-state index contributed by atoms with van der Waals surface area (Å²) >= 11 is 0. The van der Waals surface area contributed by atoms with Crippen LogP contribution in [0.2, 0.25) is 0 Å². The molecule has 0 bridgehead atoms. The maximum Gasteiger partial charge on any atom is 0.233 e. The van der Waals surface area contributed by atoms with Crippen molar-refractivity contribution in [3.8, 4) is 16.9 Å². The average Bonchev–Trinajstić information content (AvgIpc) is 3.12. The SMILES string of the molecule is NCC(C(=O)Nc1ccc(-c2cn[nH]c2)cc1)c1ccc(O)cc1. The summed E-state index contributed by atoms with van der Waals surface area (Å²) in [6.45, 7) is 0.184. The Hall–Kier alpha value is -3.12. The first kappa shape index (κ1) is 15.8. The normalized spacial score (nSPS) is 11.9. The van der Waals surface area contributed by atoms with E-state index in [2.05, 4.69) is 15.5 Å². The Bertz CT molecular complexity index is 796. The van der Waals surface area contributed by atoms with Crippen LogP contribution < -0.4 is 11.1 Å². The molecule has 1 amide bonds. The van der Waals surface area contributed by atoms with Crippen molar-refractivity contribution in [2.75, 3.05) is 11.9 Å². The molecule has 0 aliphatic carbocycles. The molecule has 0 fully saturated rings. The first-order chi connectivity index (χ1) is 11.7. The number of H-pyrrole nitrogens is 1. The topological polar surface area (TPSA) is 104 Å². The Morgan fingerprint density at radius 3 is 2.42 bits per heavy atom. The van der Waals surface area contributed by atoms with Crippen LogP contribution in [0, 0.1) is 0 Å². The largest absolute Gasteiger partial charge is 0.508 e. The highest BCUT2D eigenvalue weighted by atomic mass is 16.3. The fourth-order valence-electron chi connectivity index (χ4n) is 2.49. The van der Waals surface area contributed by atoms with Crippen molar-refractivity contribution in [3.05, 3.63) is 66.5 Å². The van der Waals surface area contributed by atoms with E-state index in [1.165, 1.54) is 0 Å². The third kappa shape index (κ3) is 3.44. The molecule has 5 N–H and O–H groups in total. The number of nitrogens with zero attached hydrogens (tertiary/aromatic N) is 1. The monoisotopic (exact) mass is 322 g/mol. The molecule has 122 valence electrons. The Labute approximate surface area is 139 Å². The molecular formula is C18H18N4O2. The van der Waals surface area contributed by atoms with E-state index in [-0.39, 0.29) is 18.2 Å². The molecule has 2 aromatic carbocycles. The fraction of sp³-hybridized carbons (Fsp3) is 0.111. The fourth-order valence-corrected chi connectivity index (χ4v) is 2.49. The molecule has 0 saturated heterocycles. The minimum absolute atomic E-state index is 0.157. The molecule has 0 saturated carbocycles. The number of phenolic OH excluding ortho intramolecular Hbond substituents is 1. The number of rotatable bonds is 5. The lowest BCUT2D eigenvalue weighted by Crippen LogP contribution is -2.27. The Morgan fingerprint density at radius 1 is 1.12 bits per heavy atom. The predicted octanol–water partition coefficient (Wildman–Crippen LogP) is 2.46. The van der Waals surface area contributed by atoms with Crippen LogP contribution in [0.1, 0.15) is 11.5 Å². The number of anilines is 1. The second-order valence-corrected chi connectivity index (χ2v) is 5.43. The number of amides is 1. The van der Waals surface area contributed by atoms with E-state index in [0.717, 1.165) is 16.7 Å². The number of hydrogen-bond donors (Lipinski definition) is 4. The highest BCUT2D eigenvalue weighted by molar-refractivity contribution is 5.96. The Balaban J connectivity index is 1.72. The minimum Gasteiger partial charge on any atom is -0.508 e. The highest BCUT2D eigenvalue weighted by Crippen LogP contribution is 2.22. The molecule has 1 atom stereocenters. The summed E-state index contributed by atoms with van der Waals surface area (Å²) < 4.78 is 0. The van der Waals surface area contributed by atoms with Crippen molar-refractivity contribution in [3.63, 3.8) is 0 Å². The van der Waals surface area contributed by atoms with Crippen molar-refractivity contribution in [1.82, 2.24) is 10.2 Å². The third-order valence-corrected chi connectivity index (χ3v) is 3.83. The van der Waals surface area contributed by atoms with Gasteiger partial charge in [0.25, 0.3) is 0 Å². The van der Waals surface area contributed by atoms with Crippen LogP contribution in [-0.4, -0.2) is 27.8 Å². The second kappa shape index (κ2) is 6.97. The van der Waals surface area contributed by atoms with Gasteiger partial charge in [-0.2, -0.15) is 5.10 Å². The lowest BCUT2D eigenvalue weighted by molar-refractivity contribution is -0.117. The number of aromatic amines is 1. The van der Waals surface area contributed by atoms with Gasteiger partial charge in [0, 0.05) is 24.0 Å². The number of hydrogen-bond acceptors (Lipinski definition) is 4. The van der Waals surface area contributed by atoms with Gasteiger partial charge in [0.15, 0.2) is 0 Å². The molecule has 0 radical (unpaired) electrons. The van der Waals surface area contributed by atoms with Crippen LogP contribution in [0.4, 0.5) is 5.69 Å². The van der Waals surface area contributed by atoms with Crippen molar-refractivity contribution in [1.29, 1.82) is 0 Å². The van der Waals surface area contributed by atoms with Crippen molar-refractivity contribution in [2.45, 2.75) is 5.92 Å². The van der Waals surface area contributed by atoms with Crippen LogP contribution in [0.3, 0.4) is 0 Å². The molecule has 6 heteroatoms. The number of phenols is 1. The summed E-state index contributed by atoms with van der Waals surface area (Å²) in [5.74, 6) is -0.497. The zero-order chi connectivity index (χ0) is 16.9. The lowest BCUT2D eigenvalue weighted by Gasteiger charge is -2.15. The first-order valence-electron chi connectivity index (χ1n) is 7.56. The van der Waals surface area contributed by atoms with Gasteiger partial charge in [-0.15, -0.1) is 0 Å². The van der Waals surface area contributed by atoms with E-state index in [1.54, 1.807) is 30.5 Å². The summed E-state index contributed by atoms with van der Waals surface area (Å²) in [6, 6.07) is 14.0. The molecule has 0 aliphatic heterocycles. The molecule has 3 aromatic rings. The van der Waals surface area contributed by atoms with Crippen LogP contribution in [0.5, 0.6) is 5.75 Å². The number of nitrogens with one attached hydrogen (secondary N) is 2. The van der Waals surface area contributed by atoms with Gasteiger partial charge in [0.1, 0.15) is 5.75 Å². The highest BCUT2D eigenvalue weighted by Gasteiger charge is 2.19. The average molecular weight is 322 g/mol. The Morgan fingerprint density at radius 2 is 1.83 bits per heavy atom. The zero-order valence-corrected chi connectivity index (χ0v) is 12.9. The predicted molar refractivity (Wildman–Crippen MR) is 92.6 cm³/mol. The second-order valence-electron chi connectivity index (χ2n) is 5.43. The summed E-state index contributed by atoms with van der Waals surface area (Å²) in [4.78, 5) is 12.5. The smallest absolute Gasteiger partial charge is 0.233 e. The summed E-state index contributed by atoms with van der Waals surface area (Å²) in [7, 11) is 0. The lowest BCUT2D eigenvalue weighted by atomic mass is 9.98. The van der Waals surface area contributed by atoms with E-state index < -0.39 is 5.92 Å². The van der Waals surface area contributed by atoms with Gasteiger partial charge in [-0.25, -0.2) is 0 Å². The molecule has 0 aliphatic rings. The van der Waals surface area contributed by atoms with Gasteiger partial charge in [-0.05, 0) is 35.4 Å². The number of benzene rings is 2. The molecule has 0 spiro atoms. The quantitative estimate of drug-likeness (QED) is 0.579. The van der Waals surface area contributed by atoms with Gasteiger partial charge in [0.05, 0.1) is 12.1 Å². The van der Waals surface area contributed by atoms with Crippen molar-refractivity contribution in [2.24, 2.45) is 5.73 Å². The first-order valence-corrected chi connectivity index (χ1v) is 7.56. The number of carbonyl (C=O) groups excluding carboxylic acids is 1. The van der Waals surface area contributed by atoms with Gasteiger partial charge in [-0.1, -0.05) is 24.3 Å². The van der Waals surface area contributed by atoms with Gasteiger partial charge < -0.3 is 16.2 Å². The number of nitrogens with two attached hydrogens (primary N) is 1. The summed E-state index contributed by atoms with van der Waals surface area (Å²) in [5.41, 5.74) is 9.21. The van der Waals surface area contributed by atoms with Crippen molar-refractivity contribution >= 4 is 11.6 Å². The van der Waals surface area contributed by atoms with E-state index in [4.69, 9.17) is 5.73 Å².